The number of hydrogen-bond acceptors (Lipinski definition) is 2. The molecule has 0 unspecified atom stereocenters. The summed E-state index contributed by atoms with van der Waals surface area (Å²) in [4.78, 5) is 26.2. The van der Waals surface area contributed by atoms with Gasteiger partial charge in [-0.15, -0.1) is 0 Å². The molecule has 4 rings (SSSR count). The third-order valence-corrected chi connectivity index (χ3v) is 5.29. The molecular weight excluding hydrogens is 312 g/mol. The van der Waals surface area contributed by atoms with Gasteiger partial charge < -0.3 is 10.2 Å². The summed E-state index contributed by atoms with van der Waals surface area (Å²) in [7, 11) is 0. The lowest BCUT2D eigenvalue weighted by Gasteiger charge is -2.29. The van der Waals surface area contributed by atoms with Gasteiger partial charge in [0.25, 0.3) is 0 Å². The van der Waals surface area contributed by atoms with Crippen LogP contribution in [0.3, 0.4) is 0 Å². The molecule has 0 spiro atoms. The highest BCUT2D eigenvalue weighted by Gasteiger charge is 2.29. The number of amides is 2. The number of carbonyl (C=O) groups is 2. The van der Waals surface area contributed by atoms with Crippen molar-refractivity contribution in [2.45, 2.75) is 25.2 Å². The average Bonchev–Trinajstić information content (AvgIpc) is 2.80. The predicted octanol–water partition coefficient (Wildman–Crippen LogP) is 2.27. The highest BCUT2D eigenvalue weighted by atomic mass is 16.2. The first-order valence-corrected chi connectivity index (χ1v) is 8.92. The van der Waals surface area contributed by atoms with E-state index in [0.29, 0.717) is 19.5 Å². The maximum absolute atomic E-state index is 12.9. The van der Waals surface area contributed by atoms with Crippen LogP contribution in [-0.2, 0) is 22.4 Å². The van der Waals surface area contributed by atoms with Crippen molar-refractivity contribution in [2.24, 2.45) is 0 Å². The molecule has 1 aliphatic carbocycles. The van der Waals surface area contributed by atoms with E-state index in [4.69, 9.17) is 0 Å². The zero-order valence-corrected chi connectivity index (χ0v) is 14.2. The van der Waals surface area contributed by atoms with Gasteiger partial charge in [-0.1, -0.05) is 48.5 Å². The van der Waals surface area contributed by atoms with Gasteiger partial charge in [-0.25, -0.2) is 0 Å². The minimum Gasteiger partial charge on any atom is -0.353 e. The lowest BCUT2D eigenvalue weighted by atomic mass is 9.85. The Morgan fingerprint density at radius 3 is 2.20 bits per heavy atom. The van der Waals surface area contributed by atoms with Crippen LogP contribution >= 0.6 is 0 Å². The van der Waals surface area contributed by atoms with Crippen LogP contribution in [0.5, 0.6) is 0 Å². The number of fused-ring (bicyclic) bond motifs is 2. The van der Waals surface area contributed by atoms with E-state index in [1.165, 1.54) is 22.3 Å². The van der Waals surface area contributed by atoms with E-state index in [1.54, 1.807) is 4.90 Å². The summed E-state index contributed by atoms with van der Waals surface area (Å²) >= 11 is 0. The summed E-state index contributed by atoms with van der Waals surface area (Å²) in [6, 6.07) is 16.9. The molecule has 4 nitrogen and oxygen atoms in total. The van der Waals surface area contributed by atoms with Gasteiger partial charge in [0, 0.05) is 25.4 Å². The van der Waals surface area contributed by atoms with Gasteiger partial charge in [0.1, 0.15) is 0 Å². The standard InChI is InChI=1S/C21H22N2O2/c24-20-14-23(12-11-22-20)21(25)13-19-17-7-3-1-5-15(17)9-10-16-6-2-4-8-18(16)19/h1-8,19H,9-14H2,(H,22,24). The maximum Gasteiger partial charge on any atom is 0.239 e. The molecule has 2 aromatic carbocycles. The Labute approximate surface area is 147 Å². The number of piperazine rings is 1. The van der Waals surface area contributed by atoms with E-state index in [2.05, 4.69) is 53.8 Å². The average molecular weight is 334 g/mol. The molecule has 0 radical (unpaired) electrons. The molecule has 128 valence electrons. The summed E-state index contributed by atoms with van der Waals surface area (Å²) in [5, 5.41) is 2.78. The molecule has 1 N–H and O–H groups in total. The Morgan fingerprint density at radius 2 is 1.60 bits per heavy atom. The molecule has 0 atom stereocenters. The molecule has 25 heavy (non-hydrogen) atoms. The monoisotopic (exact) mass is 334 g/mol. The van der Waals surface area contributed by atoms with Crippen LogP contribution in [0.1, 0.15) is 34.6 Å². The van der Waals surface area contributed by atoms with E-state index in [9.17, 15) is 9.59 Å². The zero-order valence-electron chi connectivity index (χ0n) is 14.2. The fourth-order valence-electron chi connectivity index (χ4n) is 4.02. The normalized spacial score (nSPS) is 17.3. The molecule has 1 fully saturated rings. The van der Waals surface area contributed by atoms with Crippen LogP contribution in [0.15, 0.2) is 48.5 Å². The van der Waals surface area contributed by atoms with Crippen molar-refractivity contribution in [1.29, 1.82) is 0 Å². The van der Waals surface area contributed by atoms with E-state index in [1.807, 2.05) is 0 Å². The SMILES string of the molecule is O=C1CN(C(=O)CC2c3ccccc3CCc3ccccc32)CCN1. The third kappa shape index (κ3) is 3.16. The Kier molecular flexibility index (Phi) is 4.26. The number of rotatable bonds is 2. The largest absolute Gasteiger partial charge is 0.353 e. The number of hydrogen-bond donors (Lipinski definition) is 1. The second-order valence-corrected chi connectivity index (χ2v) is 6.82. The van der Waals surface area contributed by atoms with Gasteiger partial charge in [-0.3, -0.25) is 9.59 Å². The van der Waals surface area contributed by atoms with Gasteiger partial charge in [-0.2, -0.15) is 0 Å². The lowest BCUT2D eigenvalue weighted by Crippen LogP contribution is -2.50. The molecule has 1 saturated heterocycles. The Hall–Kier alpha value is -2.62. The minimum absolute atomic E-state index is 0.0614. The number of benzene rings is 2. The quantitative estimate of drug-likeness (QED) is 0.916. The van der Waals surface area contributed by atoms with Crippen LogP contribution in [0.25, 0.3) is 0 Å². The number of aryl methyl sites for hydroxylation is 2. The van der Waals surface area contributed by atoms with Crippen molar-refractivity contribution in [1.82, 2.24) is 10.2 Å². The number of carbonyl (C=O) groups excluding carboxylic acids is 2. The predicted molar refractivity (Wildman–Crippen MR) is 96.3 cm³/mol. The van der Waals surface area contributed by atoms with E-state index in [0.717, 1.165) is 12.8 Å². The molecule has 0 bridgehead atoms. The summed E-state index contributed by atoms with van der Waals surface area (Å²) in [6.45, 7) is 1.32. The molecular formula is C21H22N2O2. The minimum atomic E-state index is -0.0683. The van der Waals surface area contributed by atoms with Crippen LogP contribution in [0.4, 0.5) is 0 Å². The van der Waals surface area contributed by atoms with E-state index >= 15 is 0 Å². The molecule has 2 aromatic rings. The first-order valence-electron chi connectivity index (χ1n) is 8.92. The topological polar surface area (TPSA) is 49.4 Å². The van der Waals surface area contributed by atoms with Crippen LogP contribution in [0.2, 0.25) is 0 Å². The van der Waals surface area contributed by atoms with Crippen LogP contribution in [-0.4, -0.2) is 36.3 Å². The third-order valence-electron chi connectivity index (χ3n) is 5.29. The Bertz CT molecular complexity index is 768. The molecule has 2 aliphatic rings. The first kappa shape index (κ1) is 15.9. The number of nitrogens with one attached hydrogen (secondary N) is 1. The molecule has 4 heteroatoms. The van der Waals surface area contributed by atoms with Gasteiger partial charge in [0.15, 0.2) is 0 Å². The van der Waals surface area contributed by atoms with Crippen molar-refractivity contribution >= 4 is 11.8 Å². The summed E-state index contributed by atoms with van der Waals surface area (Å²) < 4.78 is 0. The van der Waals surface area contributed by atoms with Crippen molar-refractivity contribution in [3.63, 3.8) is 0 Å². The molecule has 0 aromatic heterocycles. The van der Waals surface area contributed by atoms with Gasteiger partial charge in [-0.05, 0) is 35.1 Å². The van der Waals surface area contributed by atoms with Crippen molar-refractivity contribution in [2.75, 3.05) is 19.6 Å². The lowest BCUT2D eigenvalue weighted by molar-refractivity contribution is -0.138. The Balaban J connectivity index is 1.68. The Morgan fingerprint density at radius 1 is 1.00 bits per heavy atom. The molecule has 1 heterocycles. The smallest absolute Gasteiger partial charge is 0.239 e. The fraction of sp³-hybridized carbons (Fsp3) is 0.333. The van der Waals surface area contributed by atoms with Crippen molar-refractivity contribution < 1.29 is 9.59 Å². The van der Waals surface area contributed by atoms with Crippen LogP contribution < -0.4 is 5.32 Å². The van der Waals surface area contributed by atoms with Gasteiger partial charge in [0.2, 0.25) is 11.8 Å². The van der Waals surface area contributed by atoms with E-state index in [-0.39, 0.29) is 24.3 Å². The van der Waals surface area contributed by atoms with Gasteiger partial charge >= 0.3 is 0 Å². The second-order valence-electron chi connectivity index (χ2n) is 6.82. The molecule has 0 saturated carbocycles. The highest BCUT2D eigenvalue weighted by molar-refractivity contribution is 5.86. The first-order chi connectivity index (χ1) is 12.2. The maximum atomic E-state index is 12.9. The van der Waals surface area contributed by atoms with Crippen LogP contribution in [0, 0.1) is 0 Å². The van der Waals surface area contributed by atoms with Crippen molar-refractivity contribution in [3.8, 4) is 0 Å². The second kappa shape index (κ2) is 6.71. The summed E-state index contributed by atoms with van der Waals surface area (Å²) in [5.74, 6) is 0.0556. The fourth-order valence-corrected chi connectivity index (χ4v) is 4.02. The number of nitrogens with zero attached hydrogens (tertiary/aromatic N) is 1. The van der Waals surface area contributed by atoms with Gasteiger partial charge in [0.05, 0.1) is 6.54 Å². The molecule has 2 amide bonds. The summed E-state index contributed by atoms with van der Waals surface area (Å²) in [6.07, 6.45) is 2.43. The summed E-state index contributed by atoms with van der Waals surface area (Å²) in [5.41, 5.74) is 5.16. The van der Waals surface area contributed by atoms with E-state index < -0.39 is 0 Å². The molecule has 1 aliphatic heterocycles. The zero-order chi connectivity index (χ0) is 17.2. The highest BCUT2D eigenvalue weighted by Crippen LogP contribution is 2.36. The van der Waals surface area contributed by atoms with Crippen molar-refractivity contribution in [3.05, 3.63) is 70.8 Å².